The number of carbonyl (C=O) groups excluding carboxylic acids is 1. The molecular weight excluding hydrogens is 214 g/mol. The molecule has 0 spiro atoms. The lowest BCUT2D eigenvalue weighted by Crippen LogP contribution is -2.46. The van der Waals surface area contributed by atoms with Crippen molar-refractivity contribution < 1.29 is 9.90 Å². The molecule has 2 N–H and O–H groups in total. The van der Waals surface area contributed by atoms with E-state index in [9.17, 15) is 4.79 Å². The third kappa shape index (κ3) is 1.58. The van der Waals surface area contributed by atoms with Gasteiger partial charge >= 0.3 is 0 Å². The van der Waals surface area contributed by atoms with Crippen molar-refractivity contribution in [2.24, 2.45) is 0 Å². The Bertz CT molecular complexity index is 545. The predicted octanol–water partition coefficient (Wildman–Crippen LogP) is 1.38. The van der Waals surface area contributed by atoms with Crippen molar-refractivity contribution >= 4 is 5.91 Å². The Morgan fingerprint density at radius 2 is 2.18 bits per heavy atom. The van der Waals surface area contributed by atoms with Crippen LogP contribution in [-0.2, 0) is 4.79 Å². The molecule has 0 aromatic heterocycles. The smallest absolute Gasteiger partial charge is 0.252 e. The highest BCUT2D eigenvalue weighted by Gasteiger charge is 2.36. The number of hydrogen-bond acceptors (Lipinski definition) is 2. The second-order valence-corrected chi connectivity index (χ2v) is 5.40. The number of rotatable bonds is 3. The van der Waals surface area contributed by atoms with Gasteiger partial charge in [-0.3, -0.25) is 4.79 Å². The van der Waals surface area contributed by atoms with E-state index in [1.165, 1.54) is 16.7 Å². The summed E-state index contributed by atoms with van der Waals surface area (Å²) in [5, 5.41) is 12.0. The molecule has 0 atom stereocenters. The van der Waals surface area contributed by atoms with Gasteiger partial charge in [-0.25, -0.2) is 0 Å². The number of aliphatic hydroxyl groups is 1. The van der Waals surface area contributed by atoms with E-state index in [0.717, 1.165) is 12.0 Å². The molecule has 3 aliphatic rings. The summed E-state index contributed by atoms with van der Waals surface area (Å²) < 4.78 is 0. The highest BCUT2D eigenvalue weighted by molar-refractivity contribution is 6.02. The van der Waals surface area contributed by atoms with Gasteiger partial charge < -0.3 is 10.4 Å². The van der Waals surface area contributed by atoms with E-state index in [0.29, 0.717) is 5.57 Å². The topological polar surface area (TPSA) is 49.3 Å². The summed E-state index contributed by atoms with van der Waals surface area (Å²) in [4.78, 5) is 12.1. The lowest BCUT2D eigenvalue weighted by atomic mass is 10.0. The van der Waals surface area contributed by atoms with Gasteiger partial charge in [0.25, 0.3) is 5.91 Å². The first-order valence-corrected chi connectivity index (χ1v) is 5.82. The number of hydrogen-bond donors (Lipinski definition) is 2. The second kappa shape index (κ2) is 3.20. The first-order valence-electron chi connectivity index (χ1n) is 5.82. The van der Waals surface area contributed by atoms with Gasteiger partial charge in [0.2, 0.25) is 0 Å². The van der Waals surface area contributed by atoms with Gasteiger partial charge in [0.1, 0.15) is 0 Å². The van der Waals surface area contributed by atoms with Crippen molar-refractivity contribution in [3.8, 4) is 0 Å². The van der Waals surface area contributed by atoms with Crippen molar-refractivity contribution in [3.05, 3.63) is 46.1 Å². The van der Waals surface area contributed by atoms with Crippen LogP contribution in [0.1, 0.15) is 20.3 Å². The molecule has 0 aromatic carbocycles. The Balaban J connectivity index is 1.86. The molecule has 0 radical (unpaired) electrons. The van der Waals surface area contributed by atoms with E-state index >= 15 is 0 Å². The molecule has 3 nitrogen and oxygen atoms in total. The van der Waals surface area contributed by atoms with Gasteiger partial charge in [0.05, 0.1) is 12.1 Å². The molecule has 3 rings (SSSR count). The molecule has 1 amide bonds. The minimum absolute atomic E-state index is 0.0693. The molecule has 0 unspecified atom stereocenters. The zero-order chi connectivity index (χ0) is 12.2. The third-order valence-electron chi connectivity index (χ3n) is 3.36. The summed E-state index contributed by atoms with van der Waals surface area (Å²) in [5.41, 5.74) is 5.16. The van der Waals surface area contributed by atoms with Crippen molar-refractivity contribution in [2.75, 3.05) is 6.61 Å². The van der Waals surface area contributed by atoms with Crippen molar-refractivity contribution in [2.45, 2.75) is 25.8 Å². The second-order valence-electron chi connectivity index (χ2n) is 5.40. The Hall–Kier alpha value is -1.61. The lowest BCUT2D eigenvalue weighted by Gasteiger charge is -2.23. The van der Waals surface area contributed by atoms with E-state index in [1.54, 1.807) is 13.8 Å². The van der Waals surface area contributed by atoms with E-state index < -0.39 is 5.54 Å². The number of nitrogens with one attached hydrogen (secondary N) is 1. The van der Waals surface area contributed by atoms with Crippen LogP contribution in [-0.4, -0.2) is 23.2 Å². The standard InChI is InChI=1S/C14H15NO2/c1-14(2,7-16)15-13(17)10-4-3-9-11-5-8(11)6-12(9)10/h3-4,6,16H,5,7H2,1-2H3,(H,15,17). The summed E-state index contributed by atoms with van der Waals surface area (Å²) in [5.74, 6) is -0.107. The van der Waals surface area contributed by atoms with E-state index in [1.807, 2.05) is 12.2 Å². The molecule has 0 heterocycles. The van der Waals surface area contributed by atoms with E-state index in [-0.39, 0.29) is 12.5 Å². The van der Waals surface area contributed by atoms with Gasteiger partial charge in [-0.2, -0.15) is 0 Å². The van der Waals surface area contributed by atoms with Crippen LogP contribution >= 0.6 is 0 Å². The van der Waals surface area contributed by atoms with Gasteiger partial charge in [0.15, 0.2) is 0 Å². The number of carbonyl (C=O) groups is 1. The zero-order valence-corrected chi connectivity index (χ0v) is 10.0. The first kappa shape index (κ1) is 10.5. The fourth-order valence-corrected chi connectivity index (χ4v) is 2.25. The van der Waals surface area contributed by atoms with Gasteiger partial charge in [-0.05, 0) is 54.7 Å². The molecular formula is C14H15NO2. The number of aliphatic hydroxyl groups excluding tert-OH is 1. The molecule has 0 aliphatic heterocycles. The summed E-state index contributed by atoms with van der Waals surface area (Å²) in [6.07, 6.45) is 7.07. The fourth-order valence-electron chi connectivity index (χ4n) is 2.25. The SMILES string of the molecule is CC(C)(CO)NC(=O)C1=C2C=C3CC3=C2C=C1. The van der Waals surface area contributed by atoms with Crippen molar-refractivity contribution in [3.63, 3.8) is 0 Å². The van der Waals surface area contributed by atoms with Crippen LogP contribution in [0.15, 0.2) is 46.1 Å². The summed E-state index contributed by atoms with van der Waals surface area (Å²) in [7, 11) is 0. The molecule has 1 fully saturated rings. The van der Waals surface area contributed by atoms with Crippen LogP contribution in [0.2, 0.25) is 0 Å². The van der Waals surface area contributed by atoms with Crippen LogP contribution in [0.3, 0.4) is 0 Å². The van der Waals surface area contributed by atoms with Crippen molar-refractivity contribution in [1.82, 2.24) is 5.32 Å². The molecule has 0 bridgehead atoms. The highest BCUT2D eigenvalue weighted by atomic mass is 16.3. The first-order chi connectivity index (χ1) is 8.02. The van der Waals surface area contributed by atoms with E-state index in [2.05, 4.69) is 11.4 Å². The quantitative estimate of drug-likeness (QED) is 0.768. The fraction of sp³-hybridized carbons (Fsp3) is 0.357. The average molecular weight is 229 g/mol. The Morgan fingerprint density at radius 3 is 2.88 bits per heavy atom. The summed E-state index contributed by atoms with van der Waals surface area (Å²) in [6.45, 7) is 3.54. The minimum atomic E-state index is -0.580. The minimum Gasteiger partial charge on any atom is -0.394 e. The number of amides is 1. The maximum atomic E-state index is 12.1. The molecule has 0 aromatic rings. The number of fused-ring (bicyclic) bond motifs is 2. The monoisotopic (exact) mass is 229 g/mol. The van der Waals surface area contributed by atoms with Gasteiger partial charge in [-0.15, -0.1) is 0 Å². The zero-order valence-electron chi connectivity index (χ0n) is 10.0. The van der Waals surface area contributed by atoms with Crippen molar-refractivity contribution in [1.29, 1.82) is 0 Å². The van der Waals surface area contributed by atoms with E-state index in [4.69, 9.17) is 5.11 Å². The number of allylic oxidation sites excluding steroid dienone is 6. The molecule has 3 heteroatoms. The maximum absolute atomic E-state index is 12.1. The third-order valence-corrected chi connectivity index (χ3v) is 3.36. The Kier molecular flexibility index (Phi) is 1.98. The Labute approximate surface area is 100 Å². The van der Waals surface area contributed by atoms with Gasteiger partial charge in [-0.1, -0.05) is 6.08 Å². The molecule has 0 saturated heterocycles. The van der Waals surface area contributed by atoms with Crippen LogP contribution in [0.4, 0.5) is 0 Å². The summed E-state index contributed by atoms with van der Waals surface area (Å²) >= 11 is 0. The predicted molar refractivity (Wildman–Crippen MR) is 65.2 cm³/mol. The molecule has 17 heavy (non-hydrogen) atoms. The van der Waals surface area contributed by atoms with Gasteiger partial charge in [0, 0.05) is 5.57 Å². The molecule has 88 valence electrons. The maximum Gasteiger partial charge on any atom is 0.252 e. The highest BCUT2D eigenvalue weighted by Crippen LogP contribution is 2.51. The summed E-state index contributed by atoms with van der Waals surface area (Å²) in [6, 6.07) is 0. The normalized spacial score (nSPS) is 20.5. The largest absolute Gasteiger partial charge is 0.394 e. The van der Waals surface area contributed by atoms with Crippen LogP contribution in [0.5, 0.6) is 0 Å². The van der Waals surface area contributed by atoms with Crippen LogP contribution < -0.4 is 5.32 Å². The molecule has 1 saturated carbocycles. The van der Waals surface area contributed by atoms with Crippen LogP contribution in [0, 0.1) is 0 Å². The van der Waals surface area contributed by atoms with Crippen LogP contribution in [0.25, 0.3) is 0 Å². The Morgan fingerprint density at radius 1 is 1.41 bits per heavy atom. The average Bonchev–Trinajstić information content (AvgIpc) is 2.75. The molecule has 3 aliphatic carbocycles. The lowest BCUT2D eigenvalue weighted by molar-refractivity contribution is -0.119.